The molecule has 3 nitrogen and oxygen atoms in total. The minimum absolute atomic E-state index is 0.0308. The Balaban J connectivity index is 2.70. The van der Waals surface area contributed by atoms with Crippen LogP contribution in [0.25, 0.3) is 0 Å². The van der Waals surface area contributed by atoms with Gasteiger partial charge in [0, 0.05) is 31.7 Å². The van der Waals surface area contributed by atoms with E-state index in [9.17, 15) is 18.3 Å². The van der Waals surface area contributed by atoms with Gasteiger partial charge in [-0.25, -0.2) is 0 Å². The van der Waals surface area contributed by atoms with Crippen LogP contribution in [-0.4, -0.2) is 42.4 Å². The van der Waals surface area contributed by atoms with E-state index in [1.807, 2.05) is 47.6 Å². The summed E-state index contributed by atoms with van der Waals surface area (Å²) in [5, 5.41) is 13.9. The maximum atomic E-state index is 14.1. The summed E-state index contributed by atoms with van der Waals surface area (Å²) in [4.78, 5) is 1.42. The Bertz CT molecular complexity index is 636. The zero-order valence-electron chi connectivity index (χ0n) is 16.6. The summed E-state index contributed by atoms with van der Waals surface area (Å²) in [5.74, 6) is -0.230. The maximum Gasteiger partial charge on any atom is 0.408 e. The highest BCUT2D eigenvalue weighted by Gasteiger charge is 2.47. The summed E-state index contributed by atoms with van der Waals surface area (Å²) in [5.41, 5.74) is 0.558. The fourth-order valence-corrected chi connectivity index (χ4v) is 3.39. The molecule has 6 heteroatoms. The number of alkyl halides is 3. The van der Waals surface area contributed by atoms with Gasteiger partial charge in [-0.05, 0) is 28.0 Å². The molecule has 0 saturated carbocycles. The predicted octanol–water partition coefficient (Wildman–Crippen LogP) is 4.50. The van der Waals surface area contributed by atoms with Crippen molar-refractivity contribution in [3.05, 3.63) is 28.8 Å². The number of hydrogen-bond donors (Lipinski definition) is 2. The van der Waals surface area contributed by atoms with Crippen molar-refractivity contribution in [1.29, 1.82) is 0 Å². The van der Waals surface area contributed by atoms with Crippen molar-refractivity contribution in [2.24, 2.45) is 0 Å². The molecule has 2 N–H and O–H groups in total. The third-order valence-electron chi connectivity index (χ3n) is 4.93. The molecule has 0 spiro atoms. The molecule has 0 amide bonds. The van der Waals surface area contributed by atoms with Crippen molar-refractivity contribution < 1.29 is 18.3 Å². The summed E-state index contributed by atoms with van der Waals surface area (Å²) < 4.78 is 42.2. The Morgan fingerprint density at radius 2 is 1.50 bits per heavy atom. The first kappa shape index (κ1) is 21.0. The zero-order chi connectivity index (χ0) is 19.9. The lowest BCUT2D eigenvalue weighted by molar-refractivity contribution is -0.188. The average Bonchev–Trinajstić information content (AvgIpc) is 2.46. The number of phenols is 1. The second-order valence-corrected chi connectivity index (χ2v) is 9.19. The molecular weight excluding hydrogens is 341 g/mol. The van der Waals surface area contributed by atoms with Crippen LogP contribution in [0.2, 0.25) is 0 Å². The number of halogens is 3. The molecule has 1 saturated heterocycles. The van der Waals surface area contributed by atoms with E-state index < -0.39 is 17.6 Å². The molecule has 1 atom stereocenters. The van der Waals surface area contributed by atoms with Crippen LogP contribution in [0, 0.1) is 0 Å². The highest BCUT2D eigenvalue weighted by Crippen LogP contribution is 2.46. The topological polar surface area (TPSA) is 35.5 Å². The minimum Gasteiger partial charge on any atom is -0.507 e. The molecule has 1 aliphatic rings. The van der Waals surface area contributed by atoms with Crippen LogP contribution in [0.15, 0.2) is 12.1 Å². The lowest BCUT2D eigenvalue weighted by Crippen LogP contribution is -2.49. The van der Waals surface area contributed by atoms with E-state index in [1.54, 1.807) is 6.07 Å². The first-order valence-electron chi connectivity index (χ1n) is 9.12. The van der Waals surface area contributed by atoms with Crippen molar-refractivity contribution in [1.82, 2.24) is 10.2 Å². The quantitative estimate of drug-likeness (QED) is 0.803. The predicted molar refractivity (Wildman–Crippen MR) is 98.7 cm³/mol. The Hall–Kier alpha value is -1.27. The van der Waals surface area contributed by atoms with E-state index in [2.05, 4.69) is 5.32 Å². The molecule has 1 aliphatic heterocycles. The van der Waals surface area contributed by atoms with Crippen molar-refractivity contribution in [3.8, 4) is 5.75 Å². The number of rotatable bonds is 2. The van der Waals surface area contributed by atoms with Crippen LogP contribution in [0.4, 0.5) is 13.2 Å². The van der Waals surface area contributed by atoms with Crippen LogP contribution in [-0.2, 0) is 10.8 Å². The standard InChI is InChI=1S/C20H31F3N2O/c1-18(2,3)13-11-14(16(26)15(12-13)19(4,5)6)17(20(21,22)23)25-9-7-24-8-10-25/h11-12,17,24,26H,7-10H2,1-6H3/t17-/m0/s1. The highest BCUT2D eigenvalue weighted by molar-refractivity contribution is 5.50. The summed E-state index contributed by atoms with van der Waals surface area (Å²) in [6.45, 7) is 13.3. The smallest absolute Gasteiger partial charge is 0.408 e. The third kappa shape index (κ3) is 4.52. The molecule has 0 unspecified atom stereocenters. The molecular formula is C20H31F3N2O. The first-order chi connectivity index (χ1) is 11.7. The number of piperazine rings is 1. The third-order valence-corrected chi connectivity index (χ3v) is 4.93. The Morgan fingerprint density at radius 1 is 0.962 bits per heavy atom. The molecule has 0 bridgehead atoms. The SMILES string of the molecule is CC(C)(C)c1cc([C@H](N2CCNCC2)C(F)(F)F)c(O)c(C(C)(C)C)c1. The van der Waals surface area contributed by atoms with Gasteiger partial charge in [-0.3, -0.25) is 4.90 Å². The monoisotopic (exact) mass is 372 g/mol. The number of benzene rings is 1. The van der Waals surface area contributed by atoms with E-state index >= 15 is 0 Å². The van der Waals surface area contributed by atoms with E-state index in [0.29, 0.717) is 31.7 Å². The minimum atomic E-state index is -4.46. The van der Waals surface area contributed by atoms with E-state index in [0.717, 1.165) is 5.56 Å². The van der Waals surface area contributed by atoms with Gasteiger partial charge < -0.3 is 10.4 Å². The fraction of sp³-hybridized carbons (Fsp3) is 0.700. The van der Waals surface area contributed by atoms with Crippen molar-refractivity contribution in [2.45, 2.75) is 64.6 Å². The average molecular weight is 372 g/mol. The van der Waals surface area contributed by atoms with E-state index in [1.165, 1.54) is 4.90 Å². The molecule has 1 aromatic rings. The summed E-state index contributed by atoms with van der Waals surface area (Å²) in [7, 11) is 0. The number of hydrogen-bond acceptors (Lipinski definition) is 3. The van der Waals surface area contributed by atoms with Crippen molar-refractivity contribution in [2.75, 3.05) is 26.2 Å². The lowest BCUT2D eigenvalue weighted by Gasteiger charge is -2.38. The Morgan fingerprint density at radius 3 is 1.92 bits per heavy atom. The number of phenolic OH excluding ortho intramolecular Hbond substituents is 1. The number of aromatic hydroxyl groups is 1. The van der Waals surface area contributed by atoms with Crippen LogP contribution in [0.1, 0.15) is 64.3 Å². The van der Waals surface area contributed by atoms with Crippen LogP contribution < -0.4 is 5.32 Å². The van der Waals surface area contributed by atoms with E-state index in [4.69, 9.17) is 0 Å². The van der Waals surface area contributed by atoms with Gasteiger partial charge in [-0.1, -0.05) is 47.6 Å². The maximum absolute atomic E-state index is 14.1. The number of nitrogens with zero attached hydrogens (tertiary/aromatic N) is 1. The summed E-state index contributed by atoms with van der Waals surface area (Å²) in [6, 6.07) is 1.60. The first-order valence-corrected chi connectivity index (χ1v) is 9.12. The van der Waals surface area contributed by atoms with Crippen molar-refractivity contribution in [3.63, 3.8) is 0 Å². The Kier molecular flexibility index (Phi) is 5.70. The molecule has 1 fully saturated rings. The van der Waals surface area contributed by atoms with E-state index in [-0.39, 0.29) is 16.7 Å². The molecule has 0 aliphatic carbocycles. The Labute approximate surface area is 154 Å². The molecule has 1 aromatic carbocycles. The van der Waals surface area contributed by atoms with Crippen LogP contribution >= 0.6 is 0 Å². The largest absolute Gasteiger partial charge is 0.507 e. The fourth-order valence-electron chi connectivity index (χ4n) is 3.39. The van der Waals surface area contributed by atoms with Crippen LogP contribution in [0.5, 0.6) is 5.75 Å². The second kappa shape index (κ2) is 7.04. The van der Waals surface area contributed by atoms with Gasteiger partial charge >= 0.3 is 6.18 Å². The summed E-state index contributed by atoms with van der Waals surface area (Å²) >= 11 is 0. The van der Waals surface area contributed by atoms with Gasteiger partial charge in [0.2, 0.25) is 0 Å². The molecule has 26 heavy (non-hydrogen) atoms. The second-order valence-electron chi connectivity index (χ2n) is 9.19. The normalized spacial score (nSPS) is 18.8. The summed E-state index contributed by atoms with van der Waals surface area (Å²) in [6.07, 6.45) is -4.46. The molecule has 148 valence electrons. The van der Waals surface area contributed by atoms with Gasteiger partial charge in [0.1, 0.15) is 11.8 Å². The van der Waals surface area contributed by atoms with Gasteiger partial charge in [0.05, 0.1) is 0 Å². The molecule has 1 heterocycles. The molecule has 0 radical (unpaired) electrons. The van der Waals surface area contributed by atoms with Gasteiger partial charge in [0.15, 0.2) is 0 Å². The molecule has 2 rings (SSSR count). The lowest BCUT2D eigenvalue weighted by atomic mass is 9.78. The van der Waals surface area contributed by atoms with Gasteiger partial charge in [-0.2, -0.15) is 13.2 Å². The van der Waals surface area contributed by atoms with Gasteiger partial charge in [-0.15, -0.1) is 0 Å². The van der Waals surface area contributed by atoms with Crippen LogP contribution in [0.3, 0.4) is 0 Å². The van der Waals surface area contributed by atoms with Gasteiger partial charge in [0.25, 0.3) is 0 Å². The zero-order valence-corrected chi connectivity index (χ0v) is 16.6. The van der Waals surface area contributed by atoms with Crippen molar-refractivity contribution >= 4 is 0 Å². The molecule has 0 aromatic heterocycles. The highest BCUT2D eigenvalue weighted by atomic mass is 19.4. The number of nitrogens with one attached hydrogen (secondary N) is 1.